The summed E-state index contributed by atoms with van der Waals surface area (Å²) in [4.78, 5) is 5.02. The van der Waals surface area contributed by atoms with Crippen LogP contribution in [0.4, 0.5) is 0 Å². The topological polar surface area (TPSA) is 51.1 Å². The van der Waals surface area contributed by atoms with Gasteiger partial charge in [0.15, 0.2) is 0 Å². The van der Waals surface area contributed by atoms with Crippen LogP contribution in [0, 0.1) is 5.92 Å². The van der Waals surface area contributed by atoms with Crippen molar-refractivity contribution in [1.29, 1.82) is 0 Å². The van der Waals surface area contributed by atoms with Crippen LogP contribution in [-0.2, 0) is 4.74 Å². The van der Waals surface area contributed by atoms with Crippen molar-refractivity contribution >= 4 is 27.3 Å². The molecule has 0 saturated carbocycles. The second-order valence-corrected chi connectivity index (χ2v) is 8.81. The summed E-state index contributed by atoms with van der Waals surface area (Å²) in [7, 11) is 0. The number of rotatable bonds is 5. The zero-order valence-corrected chi connectivity index (χ0v) is 19.2. The maximum absolute atomic E-state index is 9.63. The third-order valence-electron chi connectivity index (χ3n) is 5.62. The number of phenols is 1. The second kappa shape index (κ2) is 10.8. The lowest BCUT2D eigenvalue weighted by Crippen LogP contribution is -2.09. The van der Waals surface area contributed by atoms with E-state index in [2.05, 4.69) is 40.2 Å². The van der Waals surface area contributed by atoms with Gasteiger partial charge in [-0.25, -0.2) is 0 Å². The smallest absolute Gasteiger partial charge is 0.119 e. The van der Waals surface area contributed by atoms with Gasteiger partial charge in [-0.1, -0.05) is 28.1 Å². The van der Waals surface area contributed by atoms with E-state index < -0.39 is 0 Å². The van der Waals surface area contributed by atoms with Gasteiger partial charge in [0.05, 0.1) is 24.6 Å². The van der Waals surface area contributed by atoms with Crippen molar-refractivity contribution in [3.63, 3.8) is 0 Å². The van der Waals surface area contributed by atoms with Crippen molar-refractivity contribution in [2.75, 3.05) is 19.8 Å². The van der Waals surface area contributed by atoms with E-state index in [1.165, 1.54) is 4.48 Å². The first kappa shape index (κ1) is 21.8. The molecule has 1 heterocycles. The number of aromatic hydroxyl groups is 1. The van der Waals surface area contributed by atoms with E-state index in [0.717, 1.165) is 67.0 Å². The Kier molecular flexibility index (Phi) is 7.60. The highest BCUT2D eigenvalue weighted by molar-refractivity contribution is 9.11. The van der Waals surface area contributed by atoms with Gasteiger partial charge in [0.25, 0.3) is 0 Å². The fourth-order valence-electron chi connectivity index (χ4n) is 3.80. The average Bonchev–Trinajstić information content (AvgIpc) is 3.21. The molecule has 0 fully saturated rings. The monoisotopic (exact) mass is 481 g/mol. The number of ether oxygens (including phenoxy) is 2. The average molecular weight is 482 g/mol. The molecule has 162 valence electrons. The van der Waals surface area contributed by atoms with Crippen LogP contribution < -0.4 is 4.74 Å². The molecule has 0 aromatic heterocycles. The molecule has 2 aromatic carbocycles. The molecule has 2 aromatic rings. The Balaban J connectivity index is 1.53. The highest BCUT2D eigenvalue weighted by Gasteiger charge is 2.17. The number of hydrogen-bond donors (Lipinski definition) is 1. The number of halogens is 1. The molecule has 2 aliphatic rings. The molecule has 5 heteroatoms. The predicted octanol–water partition coefficient (Wildman–Crippen LogP) is 6.49. The summed E-state index contributed by atoms with van der Waals surface area (Å²) in [5.41, 5.74) is 4.01. The Morgan fingerprint density at radius 3 is 2.48 bits per heavy atom. The summed E-state index contributed by atoms with van der Waals surface area (Å²) in [6.45, 7) is 2.10. The molecule has 1 atom stereocenters. The SMILES string of the molecule is Oc1ccc(C2=N/C(c3ccc(OCC4CCC=C4Br)cc3)=C/CCCOCC2)cc1. The first-order chi connectivity index (χ1) is 15.2. The van der Waals surface area contributed by atoms with Crippen LogP contribution in [0.25, 0.3) is 5.70 Å². The first-order valence-electron chi connectivity index (χ1n) is 10.9. The minimum absolute atomic E-state index is 0.256. The second-order valence-electron chi connectivity index (χ2n) is 7.90. The molecule has 0 saturated heterocycles. The largest absolute Gasteiger partial charge is 0.508 e. The molecule has 0 bridgehead atoms. The summed E-state index contributed by atoms with van der Waals surface area (Å²) in [5.74, 6) is 1.60. The lowest BCUT2D eigenvalue weighted by atomic mass is 10.1. The van der Waals surface area contributed by atoms with Crippen LogP contribution in [0.15, 0.2) is 70.2 Å². The minimum atomic E-state index is 0.256. The van der Waals surface area contributed by atoms with Crippen LogP contribution in [0.1, 0.15) is 43.2 Å². The van der Waals surface area contributed by atoms with Crippen LogP contribution in [-0.4, -0.2) is 30.6 Å². The lowest BCUT2D eigenvalue weighted by Gasteiger charge is -2.14. The van der Waals surface area contributed by atoms with Crippen molar-refractivity contribution in [2.45, 2.75) is 32.1 Å². The fourth-order valence-corrected chi connectivity index (χ4v) is 4.39. The molecule has 1 aliphatic heterocycles. The third kappa shape index (κ3) is 6.08. The van der Waals surface area contributed by atoms with Gasteiger partial charge >= 0.3 is 0 Å². The molecule has 0 radical (unpaired) electrons. The Bertz CT molecular complexity index is 961. The molecular weight excluding hydrogens is 454 g/mol. The van der Waals surface area contributed by atoms with Crippen LogP contribution >= 0.6 is 15.9 Å². The van der Waals surface area contributed by atoms with Gasteiger partial charge in [0.1, 0.15) is 11.5 Å². The lowest BCUT2D eigenvalue weighted by molar-refractivity contribution is 0.139. The zero-order chi connectivity index (χ0) is 21.5. The number of aliphatic imine (C=N–C) groups is 1. The summed E-state index contributed by atoms with van der Waals surface area (Å²) in [6, 6.07) is 15.4. The minimum Gasteiger partial charge on any atom is -0.508 e. The van der Waals surface area contributed by atoms with Crippen molar-refractivity contribution in [1.82, 2.24) is 0 Å². The van der Waals surface area contributed by atoms with Gasteiger partial charge in [-0.15, -0.1) is 0 Å². The van der Waals surface area contributed by atoms with Crippen LogP contribution in [0.3, 0.4) is 0 Å². The summed E-state index contributed by atoms with van der Waals surface area (Å²) in [6.07, 6.45) is 9.31. The molecule has 1 N–H and O–H groups in total. The third-order valence-corrected chi connectivity index (χ3v) is 6.59. The van der Waals surface area contributed by atoms with Gasteiger partial charge < -0.3 is 14.6 Å². The molecule has 4 rings (SSSR count). The van der Waals surface area contributed by atoms with Gasteiger partial charge in [-0.2, -0.15) is 0 Å². The van der Waals surface area contributed by atoms with Gasteiger partial charge in [-0.05, 0) is 84.3 Å². The molecule has 31 heavy (non-hydrogen) atoms. The molecule has 4 nitrogen and oxygen atoms in total. The molecule has 1 aliphatic carbocycles. The zero-order valence-electron chi connectivity index (χ0n) is 17.6. The van der Waals surface area contributed by atoms with E-state index in [1.54, 1.807) is 12.1 Å². The van der Waals surface area contributed by atoms with E-state index >= 15 is 0 Å². The molecule has 1 unspecified atom stereocenters. The first-order valence-corrected chi connectivity index (χ1v) is 11.7. The van der Waals surface area contributed by atoms with E-state index in [0.29, 0.717) is 19.1 Å². The summed E-state index contributed by atoms with van der Waals surface area (Å²) < 4.78 is 13.0. The fraction of sp³-hybridized carbons (Fsp3) is 0.346. The van der Waals surface area contributed by atoms with Crippen molar-refractivity contribution in [2.24, 2.45) is 10.9 Å². The maximum atomic E-state index is 9.63. The number of phenolic OH excluding ortho intramolecular Hbond substituents is 1. The Morgan fingerprint density at radius 2 is 1.74 bits per heavy atom. The van der Waals surface area contributed by atoms with Gasteiger partial charge in [0, 0.05) is 24.5 Å². The Morgan fingerprint density at radius 1 is 0.968 bits per heavy atom. The number of benzene rings is 2. The van der Waals surface area contributed by atoms with Crippen LogP contribution in [0.2, 0.25) is 0 Å². The quantitative estimate of drug-likeness (QED) is 0.530. The number of allylic oxidation sites excluding steroid dienone is 2. The highest BCUT2D eigenvalue weighted by Crippen LogP contribution is 2.31. The molecular formula is C26H28BrNO3. The maximum Gasteiger partial charge on any atom is 0.119 e. The van der Waals surface area contributed by atoms with E-state index in [-0.39, 0.29) is 5.75 Å². The van der Waals surface area contributed by atoms with E-state index in [4.69, 9.17) is 14.5 Å². The Labute approximate surface area is 192 Å². The number of nitrogens with zero attached hydrogens (tertiary/aromatic N) is 1. The van der Waals surface area contributed by atoms with Gasteiger partial charge in [-0.3, -0.25) is 4.99 Å². The van der Waals surface area contributed by atoms with Crippen molar-refractivity contribution in [3.05, 3.63) is 76.3 Å². The summed E-state index contributed by atoms with van der Waals surface area (Å²) in [5, 5.41) is 9.63. The predicted molar refractivity (Wildman–Crippen MR) is 129 cm³/mol. The molecule has 0 amide bonds. The van der Waals surface area contributed by atoms with E-state index in [1.807, 2.05) is 24.3 Å². The normalized spacial score (nSPS) is 21.6. The van der Waals surface area contributed by atoms with E-state index in [9.17, 15) is 5.11 Å². The number of hydrogen-bond acceptors (Lipinski definition) is 4. The molecule has 0 spiro atoms. The summed E-state index contributed by atoms with van der Waals surface area (Å²) >= 11 is 3.63. The Hall–Kier alpha value is -2.37. The van der Waals surface area contributed by atoms with Crippen LogP contribution in [0.5, 0.6) is 11.5 Å². The van der Waals surface area contributed by atoms with Crippen molar-refractivity contribution in [3.8, 4) is 11.5 Å². The standard InChI is InChI=1S/C26H28BrNO3/c27-24-5-3-4-21(24)18-31-23-13-9-20(10-14-23)25-6-1-2-16-30-17-15-26(28-25)19-7-11-22(29)12-8-19/h5-14,21,29H,1-4,15-18H2/b25-6+,28-26?. The highest BCUT2D eigenvalue weighted by atomic mass is 79.9. The van der Waals surface area contributed by atoms with Crippen molar-refractivity contribution < 1.29 is 14.6 Å². The van der Waals surface area contributed by atoms with Gasteiger partial charge in [0.2, 0.25) is 0 Å².